The molecule has 2 aromatic carbocycles. The monoisotopic (exact) mass is 466 g/mol. The number of carbonyl (C=O) groups excluding carboxylic acids is 2. The summed E-state index contributed by atoms with van der Waals surface area (Å²) in [5, 5.41) is 2.78. The largest absolute Gasteiger partial charge is 0.345 e. The molecule has 34 heavy (non-hydrogen) atoms. The van der Waals surface area contributed by atoms with E-state index in [1.807, 2.05) is 18.2 Å². The highest BCUT2D eigenvalue weighted by Gasteiger charge is 2.23. The Morgan fingerprint density at radius 2 is 1.82 bits per heavy atom. The number of fused-ring (bicyclic) bond motifs is 1. The molecule has 3 amide bonds. The smallest absolute Gasteiger partial charge is 0.321 e. The van der Waals surface area contributed by atoms with E-state index < -0.39 is 0 Å². The van der Waals surface area contributed by atoms with Crippen molar-refractivity contribution in [1.29, 1.82) is 0 Å². The molecule has 1 aliphatic heterocycles. The summed E-state index contributed by atoms with van der Waals surface area (Å²) in [7, 11) is 3.48. The molecule has 180 valence electrons. The van der Waals surface area contributed by atoms with E-state index >= 15 is 0 Å². The lowest BCUT2D eigenvalue weighted by Gasteiger charge is -2.34. The number of imidazole rings is 1. The number of benzene rings is 2. The van der Waals surface area contributed by atoms with Crippen LogP contribution in [0.4, 0.5) is 14.9 Å². The van der Waals surface area contributed by atoms with Crippen molar-refractivity contribution in [3.05, 3.63) is 59.2 Å². The molecule has 8 nitrogen and oxygen atoms in total. The third-order valence-electron chi connectivity index (χ3n) is 6.24. The van der Waals surface area contributed by atoms with Crippen molar-refractivity contribution in [2.75, 3.05) is 45.6 Å². The predicted octanol–water partition coefficient (Wildman–Crippen LogP) is 3.56. The van der Waals surface area contributed by atoms with Gasteiger partial charge in [0.15, 0.2) is 0 Å². The van der Waals surface area contributed by atoms with E-state index in [1.165, 1.54) is 6.07 Å². The Labute approximate surface area is 199 Å². The summed E-state index contributed by atoms with van der Waals surface area (Å²) in [6.45, 7) is 7.80. The maximum absolute atomic E-state index is 13.8. The van der Waals surface area contributed by atoms with Crippen LogP contribution in [0.1, 0.15) is 28.7 Å². The molecule has 0 spiro atoms. The Bertz CT molecular complexity index is 1210. The van der Waals surface area contributed by atoms with Gasteiger partial charge in [0.2, 0.25) is 0 Å². The lowest BCUT2D eigenvalue weighted by atomic mass is 10.2. The first kappa shape index (κ1) is 23.7. The number of urea groups is 1. The number of nitrogens with one attached hydrogen (secondary N) is 1. The molecule has 0 bridgehead atoms. The van der Waals surface area contributed by atoms with Crippen molar-refractivity contribution >= 4 is 28.7 Å². The minimum atomic E-state index is -0.334. The molecule has 0 radical (unpaired) electrons. The van der Waals surface area contributed by atoms with Gasteiger partial charge < -0.3 is 19.7 Å². The normalized spacial score (nSPS) is 14.4. The first-order chi connectivity index (χ1) is 16.3. The predicted molar refractivity (Wildman–Crippen MR) is 130 cm³/mol. The van der Waals surface area contributed by atoms with E-state index in [0.717, 1.165) is 23.4 Å². The summed E-state index contributed by atoms with van der Waals surface area (Å²) in [5.74, 6) is 0.567. The van der Waals surface area contributed by atoms with E-state index in [9.17, 15) is 14.0 Å². The second-order valence-electron chi connectivity index (χ2n) is 8.83. The zero-order valence-electron chi connectivity index (χ0n) is 20.1. The molecule has 3 aromatic rings. The van der Waals surface area contributed by atoms with Crippen LogP contribution in [0.2, 0.25) is 0 Å². The summed E-state index contributed by atoms with van der Waals surface area (Å²) >= 11 is 0. The van der Waals surface area contributed by atoms with Gasteiger partial charge in [-0.15, -0.1) is 0 Å². The van der Waals surface area contributed by atoms with Gasteiger partial charge in [-0.25, -0.2) is 14.2 Å². The third-order valence-corrected chi connectivity index (χ3v) is 6.24. The Kier molecular flexibility index (Phi) is 6.83. The molecule has 1 N–H and O–H groups in total. The van der Waals surface area contributed by atoms with Gasteiger partial charge in [0.25, 0.3) is 5.91 Å². The van der Waals surface area contributed by atoms with Crippen LogP contribution in [-0.2, 0) is 13.1 Å². The minimum Gasteiger partial charge on any atom is -0.345 e. The molecular weight excluding hydrogens is 435 g/mol. The van der Waals surface area contributed by atoms with Crippen LogP contribution in [-0.4, -0.2) is 76.5 Å². The first-order valence-electron chi connectivity index (χ1n) is 11.5. The topological polar surface area (TPSA) is 73.7 Å². The number of aryl methyl sites for hydroxylation is 2. The molecule has 9 heteroatoms. The average molecular weight is 467 g/mol. The van der Waals surface area contributed by atoms with Crippen molar-refractivity contribution in [3.63, 3.8) is 0 Å². The fourth-order valence-corrected chi connectivity index (χ4v) is 4.23. The summed E-state index contributed by atoms with van der Waals surface area (Å²) in [5.41, 5.74) is 3.45. The van der Waals surface area contributed by atoms with Crippen molar-refractivity contribution in [1.82, 2.24) is 24.3 Å². The third kappa shape index (κ3) is 4.89. The van der Waals surface area contributed by atoms with Gasteiger partial charge in [0.05, 0.1) is 17.6 Å². The lowest BCUT2D eigenvalue weighted by molar-refractivity contribution is 0.0827. The Balaban J connectivity index is 1.40. The molecule has 1 aliphatic rings. The first-order valence-corrected chi connectivity index (χ1v) is 11.5. The summed E-state index contributed by atoms with van der Waals surface area (Å²) < 4.78 is 15.9. The molecule has 1 saturated heterocycles. The number of rotatable bonds is 5. The zero-order chi connectivity index (χ0) is 24.4. The highest BCUT2D eigenvalue weighted by atomic mass is 19.1. The molecule has 0 atom stereocenters. The highest BCUT2D eigenvalue weighted by molar-refractivity contribution is 5.97. The van der Waals surface area contributed by atoms with E-state index in [2.05, 4.69) is 21.7 Å². The molecule has 0 saturated carbocycles. The quantitative estimate of drug-likeness (QED) is 0.624. The van der Waals surface area contributed by atoms with Crippen LogP contribution in [0, 0.1) is 12.7 Å². The number of hydrogen-bond donors (Lipinski definition) is 1. The number of amides is 3. The molecule has 1 fully saturated rings. The second kappa shape index (κ2) is 9.80. The van der Waals surface area contributed by atoms with Crippen molar-refractivity contribution in [3.8, 4) is 0 Å². The van der Waals surface area contributed by atoms with Crippen molar-refractivity contribution in [2.24, 2.45) is 0 Å². The molecule has 0 aliphatic carbocycles. The highest BCUT2D eigenvalue weighted by Crippen LogP contribution is 2.21. The van der Waals surface area contributed by atoms with Gasteiger partial charge >= 0.3 is 6.03 Å². The minimum absolute atomic E-state index is 0.0442. The average Bonchev–Trinajstić information content (AvgIpc) is 3.17. The number of hydrogen-bond acceptors (Lipinski definition) is 4. The van der Waals surface area contributed by atoms with Gasteiger partial charge in [0, 0.05) is 58.1 Å². The van der Waals surface area contributed by atoms with E-state index in [0.29, 0.717) is 49.5 Å². The maximum Gasteiger partial charge on any atom is 0.321 e. The number of nitrogens with zero attached hydrogens (tertiary/aromatic N) is 5. The number of aromatic nitrogens is 2. The van der Waals surface area contributed by atoms with Crippen LogP contribution in [0.25, 0.3) is 11.0 Å². The Morgan fingerprint density at radius 1 is 1.09 bits per heavy atom. The van der Waals surface area contributed by atoms with Crippen LogP contribution < -0.4 is 5.32 Å². The van der Waals surface area contributed by atoms with E-state index in [-0.39, 0.29) is 17.8 Å². The van der Waals surface area contributed by atoms with Gasteiger partial charge in [-0.3, -0.25) is 9.69 Å². The molecule has 0 unspecified atom stereocenters. The molecular formula is C25H31FN6O2. The zero-order valence-corrected chi connectivity index (χ0v) is 20.1. The van der Waals surface area contributed by atoms with E-state index in [1.54, 1.807) is 43.0 Å². The van der Waals surface area contributed by atoms with Gasteiger partial charge in [-0.2, -0.15) is 0 Å². The number of piperazine rings is 1. The van der Waals surface area contributed by atoms with E-state index in [4.69, 9.17) is 4.98 Å². The number of halogens is 1. The second-order valence-corrected chi connectivity index (χ2v) is 8.83. The van der Waals surface area contributed by atoms with Crippen LogP contribution >= 0.6 is 0 Å². The fourth-order valence-electron chi connectivity index (χ4n) is 4.23. The van der Waals surface area contributed by atoms with Crippen molar-refractivity contribution in [2.45, 2.75) is 26.9 Å². The van der Waals surface area contributed by atoms with Gasteiger partial charge in [-0.05, 0) is 49.7 Å². The van der Waals surface area contributed by atoms with Crippen LogP contribution in [0.3, 0.4) is 0 Å². The molecule has 4 rings (SSSR count). The maximum atomic E-state index is 13.8. The summed E-state index contributed by atoms with van der Waals surface area (Å²) in [4.78, 5) is 35.3. The fraction of sp³-hybridized carbons (Fsp3) is 0.400. The van der Waals surface area contributed by atoms with Gasteiger partial charge in [0.1, 0.15) is 11.6 Å². The SMILES string of the molecule is CCn1c(CN2CCN(C(=O)Nc3ccc(C)c(F)c3)CC2)nc2cc(C(=O)N(C)C)ccc21. The molecule has 2 heterocycles. The lowest BCUT2D eigenvalue weighted by Crippen LogP contribution is -2.49. The van der Waals surface area contributed by atoms with Crippen LogP contribution in [0.5, 0.6) is 0 Å². The summed E-state index contributed by atoms with van der Waals surface area (Å²) in [6.07, 6.45) is 0. The Morgan fingerprint density at radius 3 is 2.47 bits per heavy atom. The van der Waals surface area contributed by atoms with Crippen LogP contribution in [0.15, 0.2) is 36.4 Å². The molecule has 1 aromatic heterocycles. The standard InChI is InChI=1S/C25H31FN6O2/c1-5-32-22-9-7-18(24(33)29(3)4)14-21(22)28-23(32)16-30-10-12-31(13-11-30)25(34)27-19-8-6-17(2)20(26)15-19/h6-9,14-15H,5,10-13,16H2,1-4H3,(H,27,34). The van der Waals surface area contributed by atoms with Crippen molar-refractivity contribution < 1.29 is 14.0 Å². The Hall–Kier alpha value is -3.46. The number of anilines is 1. The van der Waals surface area contributed by atoms with Gasteiger partial charge in [-0.1, -0.05) is 6.07 Å². The summed E-state index contributed by atoms with van der Waals surface area (Å²) in [6, 6.07) is 10.1. The number of carbonyl (C=O) groups is 2.